The number of halogens is 1. The Hall–Kier alpha value is -1.89. The van der Waals surface area contributed by atoms with Crippen molar-refractivity contribution in [3.8, 4) is 6.07 Å². The van der Waals surface area contributed by atoms with Crippen molar-refractivity contribution in [1.29, 1.82) is 5.26 Å². The number of thioether (sulfide) groups is 1. The van der Waals surface area contributed by atoms with Crippen molar-refractivity contribution in [2.75, 3.05) is 5.43 Å². The molecule has 0 saturated heterocycles. The van der Waals surface area contributed by atoms with Crippen LogP contribution in [0.5, 0.6) is 0 Å². The van der Waals surface area contributed by atoms with E-state index in [1.807, 2.05) is 42.5 Å². The molecular weight excluding hydrogens is 463 g/mol. The van der Waals surface area contributed by atoms with Gasteiger partial charge in [-0.1, -0.05) is 54.2 Å². The van der Waals surface area contributed by atoms with E-state index in [4.69, 9.17) is 0 Å². The van der Waals surface area contributed by atoms with Gasteiger partial charge in [-0.3, -0.25) is 5.43 Å². The molecule has 0 unspecified atom stereocenters. The zero-order valence-electron chi connectivity index (χ0n) is 13.0. The van der Waals surface area contributed by atoms with Crippen molar-refractivity contribution < 1.29 is 0 Å². The van der Waals surface area contributed by atoms with Crippen LogP contribution >= 0.6 is 45.9 Å². The van der Waals surface area contributed by atoms with Gasteiger partial charge in [0.25, 0.3) is 0 Å². The Morgan fingerprint density at radius 2 is 2.08 bits per heavy atom. The van der Waals surface area contributed by atoms with Crippen LogP contribution in [-0.2, 0) is 5.75 Å². The molecule has 3 rings (SSSR count). The number of rotatable bonds is 6. The summed E-state index contributed by atoms with van der Waals surface area (Å²) in [4.78, 5) is 0. The molecule has 1 aromatic heterocycles. The zero-order chi connectivity index (χ0) is 17.5. The van der Waals surface area contributed by atoms with Crippen molar-refractivity contribution in [2.45, 2.75) is 10.8 Å². The molecule has 0 spiro atoms. The highest BCUT2D eigenvalue weighted by Gasteiger charge is 2.13. The first-order chi connectivity index (χ1) is 12.3. The average molecular weight is 476 g/mol. The smallest absolute Gasteiger partial charge is 0.148 e. The van der Waals surface area contributed by atoms with E-state index < -0.39 is 0 Å². The number of aromatic nitrogens is 1. The van der Waals surface area contributed by atoms with Crippen LogP contribution in [-0.4, -0.2) is 10.6 Å². The molecule has 0 atom stereocenters. The lowest BCUT2D eigenvalue weighted by Gasteiger charge is -2.00. The third-order valence-electron chi connectivity index (χ3n) is 3.22. The minimum absolute atomic E-state index is 0.547. The van der Waals surface area contributed by atoms with Crippen LogP contribution in [0.3, 0.4) is 0 Å². The summed E-state index contributed by atoms with van der Waals surface area (Å²) in [6, 6.07) is 20.4. The number of anilines is 1. The second-order valence-corrected chi connectivity index (χ2v) is 7.99. The van der Waals surface area contributed by atoms with Crippen LogP contribution < -0.4 is 5.43 Å². The SMILES string of the molecule is N#Cc1c(SCc2ccccc2)nsc1NN=Cc1cccc(I)c1. The first-order valence-electron chi connectivity index (χ1n) is 7.37. The molecule has 0 aliphatic heterocycles. The van der Waals surface area contributed by atoms with E-state index >= 15 is 0 Å². The van der Waals surface area contributed by atoms with Gasteiger partial charge in [0, 0.05) is 9.32 Å². The predicted molar refractivity (Wildman–Crippen MR) is 113 cm³/mol. The molecule has 25 heavy (non-hydrogen) atoms. The Bertz CT molecular complexity index is 916. The number of hydrogen-bond acceptors (Lipinski definition) is 6. The fourth-order valence-electron chi connectivity index (χ4n) is 2.03. The van der Waals surface area contributed by atoms with Gasteiger partial charge in [0.1, 0.15) is 21.7 Å². The summed E-state index contributed by atoms with van der Waals surface area (Å²) >= 11 is 5.08. The minimum atomic E-state index is 0.547. The van der Waals surface area contributed by atoms with Gasteiger partial charge in [0.05, 0.1) is 6.21 Å². The largest absolute Gasteiger partial charge is 0.266 e. The minimum Gasteiger partial charge on any atom is -0.266 e. The lowest BCUT2D eigenvalue weighted by molar-refractivity contribution is 1.23. The second-order valence-electron chi connectivity index (χ2n) is 5.00. The summed E-state index contributed by atoms with van der Waals surface area (Å²) in [6.45, 7) is 0. The summed E-state index contributed by atoms with van der Waals surface area (Å²) in [5, 5.41) is 15.1. The molecule has 124 valence electrons. The topological polar surface area (TPSA) is 61.1 Å². The summed E-state index contributed by atoms with van der Waals surface area (Å²) in [5.41, 5.74) is 5.69. The molecule has 4 nitrogen and oxygen atoms in total. The van der Waals surface area contributed by atoms with E-state index in [1.54, 1.807) is 18.0 Å². The Balaban J connectivity index is 1.66. The van der Waals surface area contributed by atoms with Crippen LogP contribution in [0, 0.1) is 14.9 Å². The summed E-state index contributed by atoms with van der Waals surface area (Å²) < 4.78 is 5.54. The van der Waals surface area contributed by atoms with Crippen LogP contribution in [0.15, 0.2) is 64.7 Å². The molecule has 1 N–H and O–H groups in total. The lowest BCUT2D eigenvalue weighted by atomic mass is 10.2. The van der Waals surface area contributed by atoms with Gasteiger partial charge < -0.3 is 0 Å². The zero-order valence-corrected chi connectivity index (χ0v) is 16.8. The molecule has 0 bridgehead atoms. The van der Waals surface area contributed by atoms with Crippen molar-refractivity contribution in [1.82, 2.24) is 4.37 Å². The van der Waals surface area contributed by atoms with E-state index in [0.717, 1.165) is 19.9 Å². The number of nitriles is 1. The maximum atomic E-state index is 9.45. The quantitative estimate of drug-likeness (QED) is 0.225. The molecule has 2 aromatic carbocycles. The highest BCUT2D eigenvalue weighted by molar-refractivity contribution is 14.1. The van der Waals surface area contributed by atoms with E-state index in [-0.39, 0.29) is 0 Å². The maximum absolute atomic E-state index is 9.45. The number of benzene rings is 2. The standard InChI is InChI=1S/C18H13IN4S2/c19-15-8-4-7-14(9-15)11-21-22-17-16(10-20)18(23-25-17)24-12-13-5-2-1-3-6-13/h1-9,11,22H,12H2. The van der Waals surface area contributed by atoms with E-state index in [9.17, 15) is 5.26 Å². The maximum Gasteiger partial charge on any atom is 0.148 e. The van der Waals surface area contributed by atoms with Gasteiger partial charge in [0.15, 0.2) is 0 Å². The van der Waals surface area contributed by atoms with Crippen molar-refractivity contribution in [3.05, 3.63) is 74.9 Å². The molecule has 0 radical (unpaired) electrons. The van der Waals surface area contributed by atoms with Gasteiger partial charge in [-0.05, 0) is 57.4 Å². The summed E-state index contributed by atoms with van der Waals surface area (Å²) in [7, 11) is 0. The van der Waals surface area contributed by atoms with Crippen LogP contribution in [0.4, 0.5) is 5.00 Å². The molecule has 0 aliphatic rings. The Labute approximate surface area is 168 Å². The van der Waals surface area contributed by atoms with Gasteiger partial charge in [-0.15, -0.1) is 0 Å². The molecule has 0 fully saturated rings. The van der Waals surface area contributed by atoms with Gasteiger partial charge in [-0.25, -0.2) is 0 Å². The summed E-state index contributed by atoms with van der Waals surface area (Å²) in [6.07, 6.45) is 1.74. The first-order valence-corrected chi connectivity index (χ1v) is 10.2. The third-order valence-corrected chi connectivity index (χ3v) is 5.80. The Morgan fingerprint density at radius 1 is 1.24 bits per heavy atom. The molecule has 1 heterocycles. The highest BCUT2D eigenvalue weighted by Crippen LogP contribution is 2.32. The first kappa shape index (κ1) is 17.9. The Morgan fingerprint density at radius 3 is 2.84 bits per heavy atom. The number of hydrogen-bond donors (Lipinski definition) is 1. The van der Waals surface area contributed by atoms with E-state index in [0.29, 0.717) is 10.6 Å². The highest BCUT2D eigenvalue weighted by atomic mass is 127. The molecule has 3 aromatic rings. The average Bonchev–Trinajstić information content (AvgIpc) is 3.03. The lowest BCUT2D eigenvalue weighted by Crippen LogP contribution is -1.91. The van der Waals surface area contributed by atoms with Gasteiger partial charge in [-0.2, -0.15) is 14.7 Å². The van der Waals surface area contributed by atoms with Crippen molar-refractivity contribution in [2.24, 2.45) is 5.10 Å². The Kier molecular flexibility index (Phi) is 6.44. The van der Waals surface area contributed by atoms with Crippen molar-refractivity contribution >= 4 is 57.1 Å². The fourth-order valence-corrected chi connectivity index (χ4v) is 4.36. The van der Waals surface area contributed by atoms with Crippen LogP contribution in [0.25, 0.3) is 0 Å². The van der Waals surface area contributed by atoms with Crippen LogP contribution in [0.2, 0.25) is 0 Å². The number of nitrogens with one attached hydrogen (secondary N) is 1. The molecule has 0 amide bonds. The number of hydrazone groups is 1. The molecular formula is C18H13IN4S2. The van der Waals surface area contributed by atoms with Crippen LogP contribution in [0.1, 0.15) is 16.7 Å². The van der Waals surface area contributed by atoms with Gasteiger partial charge in [0.2, 0.25) is 0 Å². The van der Waals surface area contributed by atoms with E-state index in [1.165, 1.54) is 17.1 Å². The van der Waals surface area contributed by atoms with Gasteiger partial charge >= 0.3 is 0 Å². The second kappa shape index (κ2) is 8.99. The van der Waals surface area contributed by atoms with Crippen molar-refractivity contribution in [3.63, 3.8) is 0 Å². The fraction of sp³-hybridized carbons (Fsp3) is 0.0556. The normalized spacial score (nSPS) is 10.7. The molecule has 0 saturated carbocycles. The monoisotopic (exact) mass is 476 g/mol. The predicted octanol–water partition coefficient (Wildman–Crippen LogP) is 5.36. The molecule has 0 aliphatic carbocycles. The molecule has 7 heteroatoms. The third kappa shape index (κ3) is 5.04. The van der Waals surface area contributed by atoms with E-state index in [2.05, 4.69) is 55.7 Å². The number of nitrogens with zero attached hydrogens (tertiary/aromatic N) is 3. The summed E-state index contributed by atoms with van der Waals surface area (Å²) in [5.74, 6) is 0.782.